The van der Waals surface area contributed by atoms with Gasteiger partial charge in [0.25, 0.3) is 0 Å². The van der Waals surface area contributed by atoms with Crippen LogP contribution in [0.15, 0.2) is 47.6 Å². The third kappa shape index (κ3) is 30.9. The standard InChI is InChI=1S/C64H115NO9/c1-6-8-10-12-14-17-23-29-38-52-46-54(52)40-31-25-19-16-20-27-33-42-57(67)56(49-73-64-62(61(70)60(69)59(48-66)74-64)72-45-44-51(5)37-35-36-50(3)4)65-63(71)58(68)43-34-28-22-21-26-32-41-55-47-53(55)39-30-24-18-15-13-11-9-7-2/h16,20,22,28,36,44,52-62,64,66-70H,6-15,17-19,21,23-27,29-35,37-43,45-49H2,1-5H3,(H,65,71)/b20-16-,28-22-,51-44+/t52-,53-,54+,55+,56-,57+,58+,59+,60-,61-,62+,64+/m0/s1. The smallest absolute Gasteiger partial charge is 0.249 e. The van der Waals surface area contributed by atoms with E-state index in [0.717, 1.165) is 67.8 Å². The summed E-state index contributed by atoms with van der Waals surface area (Å²) in [7, 11) is 0. The van der Waals surface area contributed by atoms with Crippen LogP contribution in [0.1, 0.15) is 259 Å². The summed E-state index contributed by atoms with van der Waals surface area (Å²) >= 11 is 0. The quantitative estimate of drug-likeness (QED) is 0.0258. The highest BCUT2D eigenvalue weighted by Crippen LogP contribution is 2.46. The Morgan fingerprint density at radius 1 is 0.595 bits per heavy atom. The third-order valence-corrected chi connectivity index (χ3v) is 16.4. The molecule has 6 N–H and O–H groups in total. The zero-order chi connectivity index (χ0) is 53.6. The van der Waals surface area contributed by atoms with E-state index in [1.54, 1.807) is 0 Å². The van der Waals surface area contributed by atoms with Gasteiger partial charge in [-0.05, 0) is 128 Å². The SMILES string of the molecule is CCCCCCCCCC[C@H]1C[C@H]1CCCC/C=C\CCC[C@@H](O)[C@H](CO[C@@H]1O[C@H](CO)[C@H](O)[C@H](O)[C@H]1OC/C=C(\C)CCC=C(C)C)NC(=O)[C@H](O)CC/C=C\CCCC[C@@H]1C[C@@H]1CCCCCCCCCC. The van der Waals surface area contributed by atoms with Gasteiger partial charge in [0.15, 0.2) is 6.29 Å². The van der Waals surface area contributed by atoms with Crippen molar-refractivity contribution in [3.8, 4) is 0 Å². The second-order valence-corrected chi connectivity index (χ2v) is 23.5. The van der Waals surface area contributed by atoms with Gasteiger partial charge in [-0.3, -0.25) is 4.79 Å². The maximum atomic E-state index is 13.5. The maximum absolute atomic E-state index is 13.5. The number of aliphatic hydroxyl groups is 5. The summed E-state index contributed by atoms with van der Waals surface area (Å²) in [5, 5.41) is 57.2. The monoisotopic (exact) mass is 1040 g/mol. The zero-order valence-electron chi connectivity index (χ0n) is 48.1. The van der Waals surface area contributed by atoms with E-state index in [9.17, 15) is 30.3 Å². The predicted molar refractivity (Wildman–Crippen MR) is 306 cm³/mol. The van der Waals surface area contributed by atoms with E-state index >= 15 is 0 Å². The Morgan fingerprint density at radius 2 is 1.08 bits per heavy atom. The zero-order valence-corrected chi connectivity index (χ0v) is 48.1. The molecule has 12 atom stereocenters. The topological polar surface area (TPSA) is 158 Å². The number of allylic oxidation sites excluding steroid dienone is 7. The third-order valence-electron chi connectivity index (χ3n) is 16.4. The molecule has 1 aliphatic heterocycles. The Balaban J connectivity index is 1.43. The van der Waals surface area contributed by atoms with Gasteiger partial charge in [-0.25, -0.2) is 0 Å². The van der Waals surface area contributed by atoms with Crippen molar-refractivity contribution < 1.29 is 44.5 Å². The van der Waals surface area contributed by atoms with Gasteiger partial charge >= 0.3 is 0 Å². The molecule has 0 radical (unpaired) electrons. The second-order valence-electron chi connectivity index (χ2n) is 23.5. The van der Waals surface area contributed by atoms with E-state index < -0.39 is 61.5 Å². The lowest BCUT2D eigenvalue weighted by Crippen LogP contribution is -2.61. The van der Waals surface area contributed by atoms with E-state index in [1.165, 1.54) is 166 Å². The maximum Gasteiger partial charge on any atom is 0.249 e. The molecule has 0 aromatic rings. The summed E-state index contributed by atoms with van der Waals surface area (Å²) in [6.45, 7) is 10.1. The first kappa shape index (κ1) is 66.4. The summed E-state index contributed by atoms with van der Waals surface area (Å²) in [5.41, 5.74) is 2.37. The number of rotatable bonds is 48. The molecule has 10 heteroatoms. The van der Waals surface area contributed by atoms with Crippen LogP contribution in [-0.4, -0.2) is 100 Å². The molecule has 3 aliphatic rings. The number of amides is 1. The Kier molecular flexibility index (Phi) is 37.8. The molecule has 0 aromatic heterocycles. The molecular weight excluding hydrogens is 927 g/mol. The van der Waals surface area contributed by atoms with Gasteiger partial charge in [-0.15, -0.1) is 0 Å². The van der Waals surface area contributed by atoms with Crippen molar-refractivity contribution in [1.82, 2.24) is 5.32 Å². The lowest BCUT2D eigenvalue weighted by molar-refractivity contribution is -0.310. The van der Waals surface area contributed by atoms with Crippen molar-refractivity contribution >= 4 is 5.91 Å². The van der Waals surface area contributed by atoms with Crippen LogP contribution in [0.4, 0.5) is 0 Å². The van der Waals surface area contributed by atoms with E-state index in [0.29, 0.717) is 19.3 Å². The fourth-order valence-electron chi connectivity index (χ4n) is 11.0. The van der Waals surface area contributed by atoms with Crippen molar-refractivity contribution in [1.29, 1.82) is 0 Å². The van der Waals surface area contributed by atoms with Crippen LogP contribution in [-0.2, 0) is 19.0 Å². The minimum atomic E-state index is -1.42. The molecule has 2 aliphatic carbocycles. The molecule has 0 spiro atoms. The highest BCUT2D eigenvalue weighted by molar-refractivity contribution is 5.80. The Bertz CT molecular complexity index is 1510. The van der Waals surface area contributed by atoms with Crippen LogP contribution in [0.5, 0.6) is 0 Å². The number of aliphatic hydroxyl groups excluding tert-OH is 5. The number of hydrogen-bond acceptors (Lipinski definition) is 9. The summed E-state index contributed by atoms with van der Waals surface area (Å²) in [6, 6.07) is -0.900. The number of unbranched alkanes of at least 4 members (excludes halogenated alkanes) is 19. The molecule has 1 heterocycles. The second kappa shape index (κ2) is 42.1. The summed E-state index contributed by atoms with van der Waals surface area (Å²) in [6.07, 6.45) is 46.3. The average molecular weight is 1040 g/mol. The fourth-order valence-corrected chi connectivity index (χ4v) is 11.0. The van der Waals surface area contributed by atoms with Crippen molar-refractivity contribution in [3.63, 3.8) is 0 Å². The largest absolute Gasteiger partial charge is 0.394 e. The van der Waals surface area contributed by atoms with Crippen LogP contribution >= 0.6 is 0 Å². The molecule has 1 amide bonds. The normalized spacial score (nSPS) is 25.2. The Labute approximate surface area is 453 Å². The van der Waals surface area contributed by atoms with Gasteiger partial charge in [-0.2, -0.15) is 0 Å². The highest BCUT2D eigenvalue weighted by Gasteiger charge is 2.46. The highest BCUT2D eigenvalue weighted by atomic mass is 16.7. The molecule has 3 fully saturated rings. The number of ether oxygens (including phenoxy) is 3. The van der Waals surface area contributed by atoms with Gasteiger partial charge in [0.05, 0.1) is 32.0 Å². The number of hydrogen-bond donors (Lipinski definition) is 6. The Hall–Kier alpha value is -1.89. The minimum absolute atomic E-state index is 0.139. The number of carbonyl (C=O) groups excluding carboxylic acids is 1. The van der Waals surface area contributed by atoms with Gasteiger partial charge in [0.1, 0.15) is 30.5 Å². The average Bonchev–Trinajstić information content (AvgIpc) is 4.32. The van der Waals surface area contributed by atoms with Crippen molar-refractivity contribution in [3.05, 3.63) is 47.6 Å². The summed E-state index contributed by atoms with van der Waals surface area (Å²) < 4.78 is 18.2. The molecule has 10 nitrogen and oxygen atoms in total. The predicted octanol–water partition coefficient (Wildman–Crippen LogP) is 14.2. The van der Waals surface area contributed by atoms with Gasteiger partial charge in [0.2, 0.25) is 5.91 Å². The van der Waals surface area contributed by atoms with Crippen LogP contribution in [0.2, 0.25) is 0 Å². The van der Waals surface area contributed by atoms with E-state index in [2.05, 4.69) is 63.4 Å². The van der Waals surface area contributed by atoms with Gasteiger partial charge in [0, 0.05) is 0 Å². The molecule has 1 saturated heterocycles. The van der Waals surface area contributed by atoms with Crippen LogP contribution < -0.4 is 5.32 Å². The van der Waals surface area contributed by atoms with E-state index in [1.807, 2.05) is 13.0 Å². The van der Waals surface area contributed by atoms with Crippen LogP contribution in [0, 0.1) is 23.7 Å². The van der Waals surface area contributed by atoms with Crippen molar-refractivity contribution in [2.24, 2.45) is 23.7 Å². The van der Waals surface area contributed by atoms with Crippen LogP contribution in [0.3, 0.4) is 0 Å². The molecule has 0 bridgehead atoms. The fraction of sp³-hybridized carbons (Fsp3) is 0.859. The number of carbonyl (C=O) groups is 1. The summed E-state index contributed by atoms with van der Waals surface area (Å²) in [4.78, 5) is 13.5. The molecule has 0 unspecified atom stereocenters. The lowest BCUT2D eigenvalue weighted by Gasteiger charge is -2.42. The van der Waals surface area contributed by atoms with E-state index in [-0.39, 0.29) is 19.6 Å². The molecule has 3 rings (SSSR count). The van der Waals surface area contributed by atoms with Gasteiger partial charge < -0.3 is 45.1 Å². The molecule has 430 valence electrons. The molecule has 0 aromatic carbocycles. The minimum Gasteiger partial charge on any atom is -0.394 e. The van der Waals surface area contributed by atoms with Crippen molar-refractivity contribution in [2.75, 3.05) is 19.8 Å². The molecule has 74 heavy (non-hydrogen) atoms. The first-order valence-electron chi connectivity index (χ1n) is 31.1. The summed E-state index contributed by atoms with van der Waals surface area (Å²) in [5.74, 6) is 3.23. The molecular formula is C64H115NO9. The lowest BCUT2D eigenvalue weighted by atomic mass is 9.99. The van der Waals surface area contributed by atoms with Crippen LogP contribution in [0.25, 0.3) is 0 Å². The first-order valence-corrected chi connectivity index (χ1v) is 31.1. The van der Waals surface area contributed by atoms with Crippen molar-refractivity contribution in [2.45, 2.75) is 308 Å². The van der Waals surface area contributed by atoms with E-state index in [4.69, 9.17) is 14.2 Å². The first-order chi connectivity index (χ1) is 36.0. The number of nitrogens with one attached hydrogen (secondary N) is 1. The van der Waals surface area contributed by atoms with Gasteiger partial charge in [-0.1, -0.05) is 203 Å². The Morgan fingerprint density at radius 3 is 1.59 bits per heavy atom. The molecule has 2 saturated carbocycles.